The van der Waals surface area contributed by atoms with Crippen LogP contribution in [0.15, 0.2) is 6.07 Å². The summed E-state index contributed by atoms with van der Waals surface area (Å²) in [7, 11) is 1.44. The van der Waals surface area contributed by atoms with Crippen LogP contribution in [0.4, 0.5) is 0 Å². The van der Waals surface area contributed by atoms with Gasteiger partial charge in [0.25, 0.3) is 5.91 Å². The molecular formula is C11H17NO2S. The lowest BCUT2D eigenvalue weighted by atomic mass is 10.1. The fourth-order valence-electron chi connectivity index (χ4n) is 1.46. The van der Waals surface area contributed by atoms with E-state index in [0.29, 0.717) is 0 Å². The highest BCUT2D eigenvalue weighted by Crippen LogP contribution is 2.24. The van der Waals surface area contributed by atoms with Crippen molar-refractivity contribution in [1.82, 2.24) is 5.48 Å². The van der Waals surface area contributed by atoms with Gasteiger partial charge in [0.1, 0.15) is 0 Å². The van der Waals surface area contributed by atoms with E-state index in [-0.39, 0.29) is 5.91 Å². The second-order valence-corrected chi connectivity index (χ2v) is 4.43. The van der Waals surface area contributed by atoms with E-state index in [1.54, 1.807) is 11.3 Å². The Kier molecular flexibility index (Phi) is 4.78. The molecule has 4 heteroatoms. The molecule has 1 heterocycles. The molecule has 0 bridgehead atoms. The first-order valence-corrected chi connectivity index (χ1v) is 5.99. The fourth-order valence-corrected chi connectivity index (χ4v) is 2.70. The van der Waals surface area contributed by atoms with Gasteiger partial charge in [-0.2, -0.15) is 0 Å². The van der Waals surface area contributed by atoms with Gasteiger partial charge in [0.2, 0.25) is 0 Å². The van der Waals surface area contributed by atoms with E-state index in [4.69, 9.17) is 0 Å². The van der Waals surface area contributed by atoms with Crippen molar-refractivity contribution in [3.05, 3.63) is 21.4 Å². The van der Waals surface area contributed by atoms with E-state index in [1.807, 2.05) is 6.07 Å². The normalized spacial score (nSPS) is 10.3. The zero-order valence-corrected chi connectivity index (χ0v) is 10.2. The molecule has 1 aromatic rings. The Bertz CT molecular complexity index is 333. The standard InChI is InChI=1S/C11H17NO2S/c1-4-6-9-8(5-2)7-10(15-9)11(13)12-14-3/h7H,4-6H2,1-3H3,(H,12,13). The summed E-state index contributed by atoms with van der Waals surface area (Å²) >= 11 is 1.56. The Morgan fingerprint density at radius 3 is 2.80 bits per heavy atom. The highest BCUT2D eigenvalue weighted by molar-refractivity contribution is 7.14. The van der Waals surface area contributed by atoms with Gasteiger partial charge in [0, 0.05) is 4.88 Å². The highest BCUT2D eigenvalue weighted by atomic mass is 32.1. The van der Waals surface area contributed by atoms with Gasteiger partial charge in [-0.1, -0.05) is 20.3 Å². The monoisotopic (exact) mass is 227 g/mol. The van der Waals surface area contributed by atoms with E-state index >= 15 is 0 Å². The van der Waals surface area contributed by atoms with Crippen molar-refractivity contribution >= 4 is 17.2 Å². The summed E-state index contributed by atoms with van der Waals surface area (Å²) in [4.78, 5) is 18.2. The third-order valence-electron chi connectivity index (χ3n) is 2.17. The summed E-state index contributed by atoms with van der Waals surface area (Å²) in [5.41, 5.74) is 3.62. The summed E-state index contributed by atoms with van der Waals surface area (Å²) in [5.74, 6) is -0.153. The van der Waals surface area contributed by atoms with Crippen molar-refractivity contribution < 1.29 is 9.63 Å². The molecule has 0 saturated heterocycles. The van der Waals surface area contributed by atoms with Crippen LogP contribution >= 0.6 is 11.3 Å². The number of rotatable bonds is 5. The predicted molar refractivity (Wildman–Crippen MR) is 62.2 cm³/mol. The van der Waals surface area contributed by atoms with Crippen molar-refractivity contribution in [2.45, 2.75) is 33.1 Å². The van der Waals surface area contributed by atoms with Crippen molar-refractivity contribution in [1.29, 1.82) is 0 Å². The lowest BCUT2D eigenvalue weighted by molar-refractivity contribution is 0.0542. The van der Waals surface area contributed by atoms with Crippen molar-refractivity contribution in [2.24, 2.45) is 0 Å². The number of carbonyl (C=O) groups is 1. The van der Waals surface area contributed by atoms with Crippen molar-refractivity contribution in [2.75, 3.05) is 7.11 Å². The molecule has 15 heavy (non-hydrogen) atoms. The molecule has 0 aliphatic carbocycles. The topological polar surface area (TPSA) is 38.3 Å². The maximum Gasteiger partial charge on any atom is 0.284 e. The molecule has 0 aromatic carbocycles. The molecule has 1 amide bonds. The van der Waals surface area contributed by atoms with Gasteiger partial charge in [-0.3, -0.25) is 9.63 Å². The van der Waals surface area contributed by atoms with E-state index in [0.717, 1.165) is 24.1 Å². The largest absolute Gasteiger partial charge is 0.284 e. The molecule has 3 nitrogen and oxygen atoms in total. The van der Waals surface area contributed by atoms with Gasteiger partial charge in [-0.25, -0.2) is 5.48 Å². The lowest BCUT2D eigenvalue weighted by Crippen LogP contribution is -2.20. The molecule has 0 radical (unpaired) electrons. The third kappa shape index (κ3) is 3.04. The van der Waals surface area contributed by atoms with Crippen molar-refractivity contribution in [3.8, 4) is 0 Å². The second-order valence-electron chi connectivity index (χ2n) is 3.30. The fraction of sp³-hybridized carbons (Fsp3) is 0.545. The van der Waals surface area contributed by atoms with Crippen LogP contribution in [-0.2, 0) is 17.7 Å². The Labute approximate surface area is 94.4 Å². The Morgan fingerprint density at radius 1 is 1.53 bits per heavy atom. The number of thiophene rings is 1. The van der Waals surface area contributed by atoms with Gasteiger partial charge < -0.3 is 0 Å². The zero-order valence-electron chi connectivity index (χ0n) is 9.42. The van der Waals surface area contributed by atoms with Crippen LogP contribution in [0.3, 0.4) is 0 Å². The van der Waals surface area contributed by atoms with E-state index in [2.05, 4.69) is 24.2 Å². The first-order chi connectivity index (χ1) is 7.22. The number of hydrogen-bond acceptors (Lipinski definition) is 3. The number of aryl methyl sites for hydroxylation is 2. The number of nitrogens with one attached hydrogen (secondary N) is 1. The van der Waals surface area contributed by atoms with Crippen molar-refractivity contribution in [3.63, 3.8) is 0 Å². The van der Waals surface area contributed by atoms with Crippen LogP contribution in [0, 0.1) is 0 Å². The minimum atomic E-state index is -0.153. The van der Waals surface area contributed by atoms with Crippen LogP contribution in [0.1, 0.15) is 40.4 Å². The Hall–Kier alpha value is -0.870. The highest BCUT2D eigenvalue weighted by Gasteiger charge is 2.12. The first-order valence-electron chi connectivity index (χ1n) is 5.17. The maximum atomic E-state index is 11.5. The Morgan fingerprint density at radius 2 is 2.27 bits per heavy atom. The minimum absolute atomic E-state index is 0.153. The minimum Gasteiger partial charge on any atom is -0.277 e. The van der Waals surface area contributed by atoms with Crippen LogP contribution in [0.5, 0.6) is 0 Å². The summed E-state index contributed by atoms with van der Waals surface area (Å²) in [6.45, 7) is 4.26. The molecule has 0 spiro atoms. The van der Waals surface area contributed by atoms with Crippen LogP contribution in [-0.4, -0.2) is 13.0 Å². The quantitative estimate of drug-likeness (QED) is 0.785. The van der Waals surface area contributed by atoms with Gasteiger partial charge >= 0.3 is 0 Å². The smallest absolute Gasteiger partial charge is 0.277 e. The van der Waals surface area contributed by atoms with E-state index in [9.17, 15) is 4.79 Å². The molecule has 0 aliphatic heterocycles. The number of hydroxylamine groups is 1. The molecule has 0 aliphatic rings. The van der Waals surface area contributed by atoms with Gasteiger partial charge in [0.15, 0.2) is 0 Å². The zero-order chi connectivity index (χ0) is 11.3. The summed E-state index contributed by atoms with van der Waals surface area (Å²) in [6.07, 6.45) is 3.14. The average molecular weight is 227 g/mol. The van der Waals surface area contributed by atoms with Crippen LogP contribution in [0.25, 0.3) is 0 Å². The molecular weight excluding hydrogens is 210 g/mol. The van der Waals surface area contributed by atoms with E-state index in [1.165, 1.54) is 17.6 Å². The molecule has 0 atom stereocenters. The molecule has 1 aromatic heterocycles. The van der Waals surface area contributed by atoms with Crippen LogP contribution in [0.2, 0.25) is 0 Å². The molecule has 0 fully saturated rings. The second kappa shape index (κ2) is 5.88. The SMILES string of the molecule is CCCc1sc(C(=O)NOC)cc1CC. The first kappa shape index (κ1) is 12.2. The lowest BCUT2D eigenvalue weighted by Gasteiger charge is -1.97. The molecule has 1 rings (SSSR count). The summed E-state index contributed by atoms with van der Waals surface area (Å²) < 4.78 is 0. The summed E-state index contributed by atoms with van der Waals surface area (Å²) in [6, 6.07) is 1.96. The van der Waals surface area contributed by atoms with Crippen LogP contribution < -0.4 is 5.48 Å². The molecule has 84 valence electrons. The maximum absolute atomic E-state index is 11.5. The molecule has 1 N–H and O–H groups in total. The summed E-state index contributed by atoms with van der Waals surface area (Å²) in [5, 5.41) is 0. The molecule has 0 saturated carbocycles. The number of carbonyl (C=O) groups excluding carboxylic acids is 1. The van der Waals surface area contributed by atoms with Gasteiger partial charge in [0.05, 0.1) is 12.0 Å². The Balaban J connectivity index is 2.86. The van der Waals surface area contributed by atoms with Gasteiger partial charge in [-0.05, 0) is 24.5 Å². The van der Waals surface area contributed by atoms with E-state index < -0.39 is 0 Å². The third-order valence-corrected chi connectivity index (χ3v) is 3.41. The predicted octanol–water partition coefficient (Wildman–Crippen LogP) is 2.55. The number of amides is 1. The number of hydrogen-bond donors (Lipinski definition) is 1. The molecule has 0 unspecified atom stereocenters. The average Bonchev–Trinajstić information content (AvgIpc) is 2.62. The van der Waals surface area contributed by atoms with Gasteiger partial charge in [-0.15, -0.1) is 11.3 Å².